The number of hydrazine groups is 1. The molecule has 3 heterocycles. The number of hydrogen-bond acceptors (Lipinski definition) is 8. The molecule has 2 amide bonds. The van der Waals surface area contributed by atoms with E-state index in [9.17, 15) is 14.8 Å². The number of aromatic amines is 2. The lowest BCUT2D eigenvalue weighted by Gasteiger charge is -2.25. The van der Waals surface area contributed by atoms with E-state index in [1.807, 2.05) is 0 Å². The second-order valence-electron chi connectivity index (χ2n) is 7.24. The Labute approximate surface area is 173 Å². The van der Waals surface area contributed by atoms with Gasteiger partial charge in [0.1, 0.15) is 0 Å². The Kier molecular flexibility index (Phi) is 7.49. The number of nitrogens with one attached hydrogen (secondary N) is 2. The van der Waals surface area contributed by atoms with Crippen molar-refractivity contribution in [3.63, 3.8) is 0 Å². The monoisotopic (exact) mass is 421 g/mol. The van der Waals surface area contributed by atoms with E-state index >= 15 is 0 Å². The molecule has 2 aromatic heterocycles. The third-order valence-corrected chi connectivity index (χ3v) is 5.13. The van der Waals surface area contributed by atoms with Crippen molar-refractivity contribution in [1.29, 1.82) is 0 Å². The second-order valence-corrected chi connectivity index (χ2v) is 7.24. The van der Waals surface area contributed by atoms with Gasteiger partial charge in [-0.2, -0.15) is 0 Å². The number of carbonyl (C=O) groups is 2. The number of nitrogens with two attached hydrogens (primary N) is 1. The van der Waals surface area contributed by atoms with Crippen molar-refractivity contribution < 1.29 is 24.5 Å². The van der Waals surface area contributed by atoms with Crippen LogP contribution in [0, 0.1) is 5.92 Å². The molecule has 0 unspecified atom stereocenters. The van der Waals surface area contributed by atoms with Gasteiger partial charge in [0.15, 0.2) is 5.52 Å². The maximum atomic E-state index is 13.1. The van der Waals surface area contributed by atoms with Gasteiger partial charge >= 0.3 is 5.95 Å². The summed E-state index contributed by atoms with van der Waals surface area (Å²) < 4.78 is 5.41. The zero-order valence-electron chi connectivity index (χ0n) is 17.1. The molecule has 1 fully saturated rings. The van der Waals surface area contributed by atoms with Crippen LogP contribution in [0.3, 0.4) is 0 Å². The summed E-state index contributed by atoms with van der Waals surface area (Å²) in [4.78, 5) is 40.8. The zero-order valence-corrected chi connectivity index (χ0v) is 17.1. The number of unbranched alkanes of at least 4 members (excludes halogenated alkanes) is 2. The first-order valence-electron chi connectivity index (χ1n) is 10.1. The van der Waals surface area contributed by atoms with Crippen LogP contribution in [-0.2, 0) is 14.3 Å². The average Bonchev–Trinajstić information content (AvgIpc) is 3.26. The SMILES string of the molecule is CCCCC[C@H](CN(O)C=O)C(=O)N(N)c1nc2nc[nH]c2c(N2CCOCC2)[nH+]1. The summed E-state index contributed by atoms with van der Waals surface area (Å²) in [6.07, 6.45) is 5.00. The Balaban J connectivity index is 1.86. The van der Waals surface area contributed by atoms with Crippen molar-refractivity contribution in [2.75, 3.05) is 42.8 Å². The Morgan fingerprint density at radius 1 is 1.47 bits per heavy atom. The highest BCUT2D eigenvalue weighted by Crippen LogP contribution is 2.22. The first-order valence-corrected chi connectivity index (χ1v) is 10.1. The lowest BCUT2D eigenvalue weighted by molar-refractivity contribution is -0.352. The van der Waals surface area contributed by atoms with E-state index in [4.69, 9.17) is 10.6 Å². The number of hydroxylamine groups is 2. The van der Waals surface area contributed by atoms with Crippen molar-refractivity contribution in [2.24, 2.45) is 11.8 Å². The van der Waals surface area contributed by atoms with Gasteiger partial charge in [-0.05, 0) is 6.42 Å². The minimum absolute atomic E-state index is 0.136. The summed E-state index contributed by atoms with van der Waals surface area (Å²) in [5.41, 5.74) is 1.14. The van der Waals surface area contributed by atoms with E-state index in [1.165, 1.54) is 6.33 Å². The maximum Gasteiger partial charge on any atom is 0.373 e. The lowest BCUT2D eigenvalue weighted by Crippen LogP contribution is -2.49. The van der Waals surface area contributed by atoms with Gasteiger partial charge in [-0.3, -0.25) is 14.8 Å². The fourth-order valence-electron chi connectivity index (χ4n) is 3.48. The van der Waals surface area contributed by atoms with E-state index in [0.717, 1.165) is 30.1 Å². The van der Waals surface area contributed by atoms with E-state index in [1.54, 1.807) is 0 Å². The van der Waals surface area contributed by atoms with Gasteiger partial charge in [0.05, 0.1) is 45.1 Å². The largest absolute Gasteiger partial charge is 0.376 e. The number of H-pyrrole nitrogens is 2. The number of aromatic nitrogens is 4. The number of rotatable bonds is 10. The fourth-order valence-corrected chi connectivity index (χ4v) is 3.48. The molecule has 5 N–H and O–H groups in total. The van der Waals surface area contributed by atoms with Crippen LogP contribution in [0.25, 0.3) is 11.2 Å². The predicted octanol–water partition coefficient (Wildman–Crippen LogP) is -0.141. The van der Waals surface area contributed by atoms with Crippen LogP contribution in [-0.4, -0.2) is 70.4 Å². The number of anilines is 2. The number of fused-ring (bicyclic) bond motifs is 1. The zero-order chi connectivity index (χ0) is 21.5. The van der Waals surface area contributed by atoms with Crippen LogP contribution in [0.15, 0.2) is 6.33 Å². The predicted molar refractivity (Wildman–Crippen MR) is 107 cm³/mol. The van der Waals surface area contributed by atoms with Crippen LogP contribution in [0.4, 0.5) is 11.8 Å². The third-order valence-electron chi connectivity index (χ3n) is 5.13. The smallest absolute Gasteiger partial charge is 0.373 e. The van der Waals surface area contributed by atoms with E-state index in [-0.39, 0.29) is 18.9 Å². The van der Waals surface area contributed by atoms with Gasteiger partial charge in [0.2, 0.25) is 17.9 Å². The Bertz CT molecular complexity index is 854. The lowest BCUT2D eigenvalue weighted by atomic mass is 10.00. The molecule has 12 heteroatoms. The number of amides is 2. The van der Waals surface area contributed by atoms with Gasteiger partial charge in [0.25, 0.3) is 5.91 Å². The number of hydrogen-bond donors (Lipinski definition) is 3. The number of ether oxygens (including phenoxy) is 1. The normalized spacial score (nSPS) is 15.2. The van der Waals surface area contributed by atoms with E-state index in [2.05, 4.69) is 31.8 Å². The van der Waals surface area contributed by atoms with Crippen LogP contribution >= 0.6 is 0 Å². The summed E-state index contributed by atoms with van der Waals surface area (Å²) >= 11 is 0. The maximum absolute atomic E-state index is 13.1. The van der Waals surface area contributed by atoms with E-state index in [0.29, 0.717) is 49.0 Å². The Morgan fingerprint density at radius 3 is 2.93 bits per heavy atom. The van der Waals surface area contributed by atoms with Crippen molar-refractivity contribution in [3.8, 4) is 0 Å². The second kappa shape index (κ2) is 10.3. The third kappa shape index (κ3) is 5.01. The molecule has 1 aliphatic rings. The Hall–Kier alpha value is -2.83. The summed E-state index contributed by atoms with van der Waals surface area (Å²) in [7, 11) is 0. The fraction of sp³-hybridized carbons (Fsp3) is 0.611. The molecule has 0 aromatic carbocycles. The minimum atomic E-state index is -0.659. The standard InChI is InChI=1S/C18H28N8O4/c1-2-3-4-5-13(10-25(29)12-27)17(28)26(19)18-22-15-14(20-11-21-15)16(23-18)24-6-8-30-9-7-24/h11-13,29H,2-10,19H2,1H3,(H,20,21,22,23)/p+1/t13-/m1/s1. The molecule has 3 rings (SSSR count). The number of morpholine rings is 1. The summed E-state index contributed by atoms with van der Waals surface area (Å²) in [6, 6.07) is 0. The minimum Gasteiger partial charge on any atom is -0.376 e. The van der Waals surface area contributed by atoms with Crippen LogP contribution in [0.2, 0.25) is 0 Å². The molecule has 0 spiro atoms. The van der Waals surface area contributed by atoms with Crippen molar-refractivity contribution in [3.05, 3.63) is 6.33 Å². The van der Waals surface area contributed by atoms with E-state index < -0.39 is 11.8 Å². The van der Waals surface area contributed by atoms with Crippen LogP contribution in [0.1, 0.15) is 32.6 Å². The number of nitrogens with zero attached hydrogens (tertiary/aromatic N) is 5. The topological polar surface area (TPSA) is 155 Å². The number of carbonyl (C=O) groups excluding carboxylic acids is 2. The highest BCUT2D eigenvalue weighted by Gasteiger charge is 2.32. The molecule has 1 saturated heterocycles. The van der Waals surface area contributed by atoms with Crippen molar-refractivity contribution in [1.82, 2.24) is 20.0 Å². The van der Waals surface area contributed by atoms with Gasteiger partial charge < -0.3 is 14.6 Å². The van der Waals surface area contributed by atoms with Crippen LogP contribution < -0.4 is 20.7 Å². The molecular formula is C18H29N8O4+. The van der Waals surface area contributed by atoms with Gasteiger partial charge in [-0.1, -0.05) is 31.2 Å². The van der Waals surface area contributed by atoms with Gasteiger partial charge in [-0.25, -0.2) is 20.9 Å². The molecule has 12 nitrogen and oxygen atoms in total. The molecule has 0 saturated carbocycles. The number of imidazole rings is 1. The molecule has 0 aliphatic carbocycles. The summed E-state index contributed by atoms with van der Waals surface area (Å²) in [5.74, 6) is 5.89. The first kappa shape index (κ1) is 21.9. The van der Waals surface area contributed by atoms with Crippen molar-refractivity contribution >= 4 is 35.2 Å². The molecular weight excluding hydrogens is 392 g/mol. The molecule has 1 aliphatic heterocycles. The summed E-state index contributed by atoms with van der Waals surface area (Å²) in [5, 5.41) is 11.0. The molecule has 2 aromatic rings. The molecule has 0 radical (unpaired) electrons. The van der Waals surface area contributed by atoms with Gasteiger partial charge in [-0.15, -0.1) is 5.01 Å². The highest BCUT2D eigenvalue weighted by molar-refractivity contribution is 5.93. The molecule has 1 atom stereocenters. The van der Waals surface area contributed by atoms with Crippen molar-refractivity contribution in [2.45, 2.75) is 32.6 Å². The van der Waals surface area contributed by atoms with Gasteiger partial charge in [0, 0.05) is 0 Å². The molecule has 30 heavy (non-hydrogen) atoms. The highest BCUT2D eigenvalue weighted by atomic mass is 16.5. The molecule has 164 valence electrons. The average molecular weight is 421 g/mol. The molecule has 0 bridgehead atoms. The Morgan fingerprint density at radius 2 is 2.23 bits per heavy atom. The summed E-state index contributed by atoms with van der Waals surface area (Å²) in [6.45, 7) is 4.44. The quantitative estimate of drug-likeness (QED) is 0.120. The first-order chi connectivity index (χ1) is 14.5. The van der Waals surface area contributed by atoms with Crippen LogP contribution in [0.5, 0.6) is 0 Å².